The summed E-state index contributed by atoms with van der Waals surface area (Å²) in [5, 5.41) is 8.62. The van der Waals surface area contributed by atoms with Crippen molar-refractivity contribution in [1.82, 2.24) is 4.57 Å². The maximum absolute atomic E-state index is 11.8. The molecular weight excluding hydrogens is 238 g/mol. The molecule has 0 saturated heterocycles. The molecule has 0 fully saturated rings. The number of aliphatic hydroxyl groups is 1. The third kappa shape index (κ3) is 3.57. The van der Waals surface area contributed by atoms with Crippen molar-refractivity contribution in [3.05, 3.63) is 69.6 Å². The second-order valence-electron chi connectivity index (χ2n) is 4.33. The molecule has 96 valence electrons. The van der Waals surface area contributed by atoms with E-state index in [9.17, 15) is 4.79 Å². The maximum atomic E-state index is 11.8. The summed E-state index contributed by atoms with van der Waals surface area (Å²) in [6, 6.07) is 11.2. The van der Waals surface area contributed by atoms with Gasteiger partial charge >= 0.3 is 0 Å². The Balaban J connectivity index is 2.17. The molecule has 0 aliphatic rings. The molecule has 3 heteroatoms. The van der Waals surface area contributed by atoms with Crippen LogP contribution in [0.4, 0.5) is 0 Å². The third-order valence-corrected chi connectivity index (χ3v) is 2.77. The zero-order valence-corrected chi connectivity index (χ0v) is 10.8. The highest BCUT2D eigenvalue weighted by molar-refractivity contribution is 5.36. The molecular formula is C16H15NO2. The first kappa shape index (κ1) is 13.1. The van der Waals surface area contributed by atoms with Gasteiger partial charge in [-0.25, -0.2) is 0 Å². The first-order valence-corrected chi connectivity index (χ1v) is 6.05. The zero-order chi connectivity index (χ0) is 13.7. The molecule has 3 nitrogen and oxygen atoms in total. The van der Waals surface area contributed by atoms with Crippen molar-refractivity contribution in [2.75, 3.05) is 6.61 Å². The fraction of sp³-hybridized carbons (Fsp3) is 0.188. The lowest BCUT2D eigenvalue weighted by Crippen LogP contribution is -2.19. The van der Waals surface area contributed by atoms with E-state index in [0.717, 1.165) is 16.7 Å². The Bertz CT molecular complexity index is 672. The van der Waals surface area contributed by atoms with E-state index in [1.165, 1.54) is 0 Å². The van der Waals surface area contributed by atoms with Crippen LogP contribution in [0.15, 0.2) is 47.4 Å². The SMILES string of the molecule is Cc1ccn(Cc2ccc(C#CCO)cc2)c(=O)c1. The Kier molecular flexibility index (Phi) is 4.17. The summed E-state index contributed by atoms with van der Waals surface area (Å²) in [6.07, 6.45) is 1.80. The zero-order valence-electron chi connectivity index (χ0n) is 10.8. The van der Waals surface area contributed by atoms with Crippen LogP contribution in [0.2, 0.25) is 0 Å². The molecule has 2 aromatic rings. The molecule has 19 heavy (non-hydrogen) atoms. The second-order valence-corrected chi connectivity index (χ2v) is 4.33. The normalized spacial score (nSPS) is 9.79. The maximum Gasteiger partial charge on any atom is 0.251 e. The predicted molar refractivity (Wildman–Crippen MR) is 74.9 cm³/mol. The van der Waals surface area contributed by atoms with Crippen molar-refractivity contribution in [1.29, 1.82) is 0 Å². The number of aliphatic hydroxyl groups excluding tert-OH is 1. The van der Waals surface area contributed by atoms with Crippen LogP contribution in [-0.4, -0.2) is 16.3 Å². The molecule has 0 amide bonds. The quantitative estimate of drug-likeness (QED) is 0.825. The smallest absolute Gasteiger partial charge is 0.251 e. The van der Waals surface area contributed by atoms with Crippen molar-refractivity contribution < 1.29 is 5.11 Å². The number of nitrogens with zero attached hydrogens (tertiary/aromatic N) is 1. The third-order valence-electron chi connectivity index (χ3n) is 2.77. The highest BCUT2D eigenvalue weighted by atomic mass is 16.2. The minimum absolute atomic E-state index is 0.00384. The van der Waals surface area contributed by atoms with Crippen molar-refractivity contribution in [2.45, 2.75) is 13.5 Å². The van der Waals surface area contributed by atoms with Gasteiger partial charge in [-0.1, -0.05) is 24.0 Å². The Morgan fingerprint density at radius 1 is 1.21 bits per heavy atom. The van der Waals surface area contributed by atoms with E-state index in [0.29, 0.717) is 6.54 Å². The van der Waals surface area contributed by atoms with Gasteiger partial charge in [0.2, 0.25) is 0 Å². The first-order valence-electron chi connectivity index (χ1n) is 6.05. The van der Waals surface area contributed by atoms with E-state index in [-0.39, 0.29) is 12.2 Å². The van der Waals surface area contributed by atoms with Crippen LogP contribution in [0.1, 0.15) is 16.7 Å². The van der Waals surface area contributed by atoms with Gasteiger partial charge in [0.1, 0.15) is 6.61 Å². The fourth-order valence-electron chi connectivity index (χ4n) is 1.77. The van der Waals surface area contributed by atoms with E-state index in [2.05, 4.69) is 11.8 Å². The Morgan fingerprint density at radius 2 is 1.95 bits per heavy atom. The molecule has 1 aromatic heterocycles. The minimum atomic E-state index is -0.138. The molecule has 0 atom stereocenters. The predicted octanol–water partition coefficient (Wildman–Crippen LogP) is 1.55. The number of hydrogen-bond donors (Lipinski definition) is 1. The lowest BCUT2D eigenvalue weighted by molar-refractivity contribution is 0.350. The van der Waals surface area contributed by atoms with Crippen LogP contribution in [0.5, 0.6) is 0 Å². The van der Waals surface area contributed by atoms with Crippen LogP contribution in [0.3, 0.4) is 0 Å². The van der Waals surface area contributed by atoms with Crippen molar-refractivity contribution in [3.8, 4) is 11.8 Å². The van der Waals surface area contributed by atoms with E-state index in [1.54, 1.807) is 16.8 Å². The Labute approximate surface area is 112 Å². The van der Waals surface area contributed by atoms with Gasteiger partial charge in [0.25, 0.3) is 5.56 Å². The lowest BCUT2D eigenvalue weighted by atomic mass is 10.1. The Morgan fingerprint density at radius 3 is 2.58 bits per heavy atom. The van der Waals surface area contributed by atoms with Gasteiger partial charge in [-0.15, -0.1) is 0 Å². The van der Waals surface area contributed by atoms with Gasteiger partial charge in [-0.3, -0.25) is 4.79 Å². The summed E-state index contributed by atoms with van der Waals surface area (Å²) < 4.78 is 1.67. The van der Waals surface area contributed by atoms with Gasteiger partial charge in [0.15, 0.2) is 0 Å². The molecule has 0 radical (unpaired) electrons. The standard InChI is InChI=1S/C16H15NO2/c1-13-8-9-17(16(19)11-13)12-15-6-4-14(5-7-15)3-2-10-18/h4-9,11,18H,10,12H2,1H3. The summed E-state index contributed by atoms with van der Waals surface area (Å²) in [4.78, 5) is 11.8. The molecule has 1 N–H and O–H groups in total. The van der Waals surface area contributed by atoms with Gasteiger partial charge < -0.3 is 9.67 Å². The van der Waals surface area contributed by atoms with E-state index in [1.807, 2.05) is 37.3 Å². The molecule has 0 spiro atoms. The molecule has 1 heterocycles. The lowest BCUT2D eigenvalue weighted by Gasteiger charge is -2.06. The van der Waals surface area contributed by atoms with Crippen molar-refractivity contribution in [3.63, 3.8) is 0 Å². The molecule has 0 saturated carbocycles. The van der Waals surface area contributed by atoms with E-state index >= 15 is 0 Å². The number of hydrogen-bond acceptors (Lipinski definition) is 2. The summed E-state index contributed by atoms with van der Waals surface area (Å²) in [6.45, 7) is 2.31. The number of benzene rings is 1. The number of aryl methyl sites for hydroxylation is 1. The molecule has 0 bridgehead atoms. The van der Waals surface area contributed by atoms with Crippen LogP contribution in [0.25, 0.3) is 0 Å². The summed E-state index contributed by atoms with van der Waals surface area (Å²) in [5.74, 6) is 5.44. The highest BCUT2D eigenvalue weighted by Crippen LogP contribution is 2.05. The minimum Gasteiger partial charge on any atom is -0.384 e. The summed E-state index contributed by atoms with van der Waals surface area (Å²) in [7, 11) is 0. The largest absolute Gasteiger partial charge is 0.384 e. The molecule has 1 aromatic carbocycles. The molecule has 0 aliphatic heterocycles. The van der Waals surface area contributed by atoms with E-state index < -0.39 is 0 Å². The molecule has 0 aliphatic carbocycles. The average Bonchev–Trinajstić information content (AvgIpc) is 2.41. The second kappa shape index (κ2) is 6.03. The van der Waals surface area contributed by atoms with Crippen LogP contribution < -0.4 is 5.56 Å². The summed E-state index contributed by atoms with van der Waals surface area (Å²) >= 11 is 0. The molecule has 0 unspecified atom stereocenters. The van der Waals surface area contributed by atoms with Gasteiger partial charge in [0, 0.05) is 17.8 Å². The monoisotopic (exact) mass is 253 g/mol. The van der Waals surface area contributed by atoms with Gasteiger partial charge in [0.05, 0.1) is 6.54 Å². The molecule has 2 rings (SSSR count). The van der Waals surface area contributed by atoms with E-state index in [4.69, 9.17) is 5.11 Å². The number of aromatic nitrogens is 1. The number of pyridine rings is 1. The first-order chi connectivity index (χ1) is 9.19. The van der Waals surface area contributed by atoms with Crippen LogP contribution in [0, 0.1) is 18.8 Å². The van der Waals surface area contributed by atoms with Crippen molar-refractivity contribution in [2.24, 2.45) is 0 Å². The van der Waals surface area contributed by atoms with Crippen molar-refractivity contribution >= 4 is 0 Å². The van der Waals surface area contributed by atoms with Crippen LogP contribution >= 0.6 is 0 Å². The highest BCUT2D eigenvalue weighted by Gasteiger charge is 1.98. The summed E-state index contributed by atoms with van der Waals surface area (Å²) in [5.41, 5.74) is 2.87. The fourth-order valence-corrected chi connectivity index (χ4v) is 1.77. The average molecular weight is 253 g/mol. The van der Waals surface area contributed by atoms with Gasteiger partial charge in [-0.2, -0.15) is 0 Å². The number of rotatable bonds is 2. The topological polar surface area (TPSA) is 42.2 Å². The van der Waals surface area contributed by atoms with Gasteiger partial charge in [-0.05, 0) is 36.2 Å². The van der Waals surface area contributed by atoms with Crippen LogP contribution in [-0.2, 0) is 6.54 Å². The Hall–Kier alpha value is -2.31.